The quantitative estimate of drug-likeness (QED) is 0.826. The fraction of sp³-hybridized carbons (Fsp3) is 0.333. The molecule has 0 saturated carbocycles. The van der Waals surface area contributed by atoms with Gasteiger partial charge in [-0.2, -0.15) is 0 Å². The van der Waals surface area contributed by atoms with Gasteiger partial charge in [-0.1, -0.05) is 5.21 Å². The number of hydrogen-bond acceptors (Lipinski definition) is 4. The van der Waals surface area contributed by atoms with Crippen LogP contribution in [0, 0.1) is 6.92 Å². The summed E-state index contributed by atoms with van der Waals surface area (Å²) in [5.74, 6) is 0. The number of thiophene rings is 1. The number of rotatable bonds is 3. The molecule has 0 atom stereocenters. The highest BCUT2D eigenvalue weighted by Gasteiger charge is 2.03. The van der Waals surface area contributed by atoms with Gasteiger partial charge in [-0.3, -0.25) is 0 Å². The van der Waals surface area contributed by atoms with Crippen LogP contribution in [-0.4, -0.2) is 20.1 Å². The van der Waals surface area contributed by atoms with E-state index in [-0.39, 0.29) is 6.61 Å². The molecule has 0 aliphatic heterocycles. The van der Waals surface area contributed by atoms with E-state index in [1.165, 1.54) is 10.4 Å². The first-order valence-electron chi connectivity index (χ1n) is 4.32. The molecule has 0 unspecified atom stereocenters. The summed E-state index contributed by atoms with van der Waals surface area (Å²) in [5, 5.41) is 18.7. The average Bonchev–Trinajstić information content (AvgIpc) is 2.76. The van der Waals surface area contributed by atoms with Gasteiger partial charge in [0.05, 0.1) is 25.0 Å². The highest BCUT2D eigenvalue weighted by molar-refractivity contribution is 7.10. The Balaban J connectivity index is 2.18. The van der Waals surface area contributed by atoms with Gasteiger partial charge in [0, 0.05) is 4.88 Å². The van der Waals surface area contributed by atoms with Crippen molar-refractivity contribution in [1.29, 1.82) is 0 Å². The van der Waals surface area contributed by atoms with Crippen LogP contribution in [0.1, 0.15) is 16.1 Å². The van der Waals surface area contributed by atoms with E-state index in [4.69, 9.17) is 5.11 Å². The van der Waals surface area contributed by atoms with Crippen molar-refractivity contribution in [2.45, 2.75) is 20.1 Å². The van der Waals surface area contributed by atoms with Crippen LogP contribution in [0.4, 0.5) is 0 Å². The maximum atomic E-state index is 8.99. The Bertz CT molecular complexity index is 421. The van der Waals surface area contributed by atoms with Crippen molar-refractivity contribution in [2.24, 2.45) is 0 Å². The Morgan fingerprint density at radius 2 is 2.43 bits per heavy atom. The fourth-order valence-corrected chi connectivity index (χ4v) is 1.99. The van der Waals surface area contributed by atoms with Gasteiger partial charge in [0.2, 0.25) is 0 Å². The SMILES string of the molecule is Cc1cc(Cn2nncc2CO)cs1. The van der Waals surface area contributed by atoms with Gasteiger partial charge in [0.1, 0.15) is 0 Å². The lowest BCUT2D eigenvalue weighted by Crippen LogP contribution is -2.05. The molecule has 0 amide bonds. The number of nitrogens with zero attached hydrogens (tertiary/aromatic N) is 3. The Morgan fingerprint density at radius 3 is 3.07 bits per heavy atom. The molecular weight excluding hydrogens is 198 g/mol. The smallest absolute Gasteiger partial charge is 0.0866 e. The first kappa shape index (κ1) is 9.36. The summed E-state index contributed by atoms with van der Waals surface area (Å²) in [5.41, 5.74) is 1.95. The van der Waals surface area contributed by atoms with Crippen LogP contribution in [-0.2, 0) is 13.2 Å². The van der Waals surface area contributed by atoms with Crippen LogP contribution >= 0.6 is 11.3 Å². The van der Waals surface area contributed by atoms with Gasteiger partial charge < -0.3 is 5.11 Å². The average molecular weight is 209 g/mol. The van der Waals surface area contributed by atoms with Crippen LogP contribution in [0.5, 0.6) is 0 Å². The van der Waals surface area contributed by atoms with Gasteiger partial charge in [-0.05, 0) is 23.9 Å². The molecule has 0 aromatic carbocycles. The monoisotopic (exact) mass is 209 g/mol. The van der Waals surface area contributed by atoms with Crippen molar-refractivity contribution in [3.8, 4) is 0 Å². The van der Waals surface area contributed by atoms with E-state index in [1.54, 1.807) is 22.2 Å². The second kappa shape index (κ2) is 3.89. The summed E-state index contributed by atoms with van der Waals surface area (Å²) in [7, 11) is 0. The maximum absolute atomic E-state index is 8.99. The zero-order valence-electron chi connectivity index (χ0n) is 7.84. The van der Waals surface area contributed by atoms with Gasteiger partial charge in [-0.25, -0.2) is 4.68 Å². The van der Waals surface area contributed by atoms with Gasteiger partial charge >= 0.3 is 0 Å². The van der Waals surface area contributed by atoms with E-state index in [2.05, 4.69) is 28.7 Å². The standard InChI is InChI=1S/C9H11N3OS/c1-7-2-8(6-14-7)4-12-9(5-13)3-10-11-12/h2-3,6,13H,4-5H2,1H3. The second-order valence-corrected chi connectivity index (χ2v) is 4.22. The third-order valence-electron chi connectivity index (χ3n) is 1.98. The molecule has 4 nitrogen and oxygen atoms in total. The van der Waals surface area contributed by atoms with Crippen molar-refractivity contribution in [2.75, 3.05) is 0 Å². The Labute approximate surface area is 85.8 Å². The molecule has 0 aliphatic carbocycles. The first-order chi connectivity index (χ1) is 6.79. The first-order valence-corrected chi connectivity index (χ1v) is 5.20. The minimum absolute atomic E-state index is 0.0177. The highest BCUT2D eigenvalue weighted by Crippen LogP contribution is 2.14. The number of aryl methyl sites for hydroxylation is 1. The molecule has 0 saturated heterocycles. The van der Waals surface area contributed by atoms with Crippen LogP contribution in [0.2, 0.25) is 0 Å². The molecule has 2 aromatic rings. The molecule has 0 fully saturated rings. The summed E-state index contributed by atoms with van der Waals surface area (Å²) >= 11 is 1.72. The van der Waals surface area contributed by atoms with E-state index in [0.29, 0.717) is 6.54 Å². The molecule has 5 heteroatoms. The van der Waals surface area contributed by atoms with Crippen molar-refractivity contribution >= 4 is 11.3 Å². The molecule has 0 bridgehead atoms. The summed E-state index contributed by atoms with van der Waals surface area (Å²) in [4.78, 5) is 1.28. The Morgan fingerprint density at radius 1 is 1.57 bits per heavy atom. The molecule has 2 rings (SSSR count). The van der Waals surface area contributed by atoms with E-state index >= 15 is 0 Å². The number of aliphatic hydroxyl groups excluding tert-OH is 1. The minimum atomic E-state index is -0.0177. The van der Waals surface area contributed by atoms with Crippen molar-refractivity contribution in [3.05, 3.63) is 33.8 Å². The zero-order valence-corrected chi connectivity index (χ0v) is 8.66. The highest BCUT2D eigenvalue weighted by atomic mass is 32.1. The summed E-state index contributed by atoms with van der Waals surface area (Å²) in [6.07, 6.45) is 1.58. The van der Waals surface area contributed by atoms with E-state index < -0.39 is 0 Å². The predicted octanol–water partition coefficient (Wildman–Crippen LogP) is 1.19. The molecule has 0 radical (unpaired) electrons. The van der Waals surface area contributed by atoms with Crippen molar-refractivity contribution in [1.82, 2.24) is 15.0 Å². The van der Waals surface area contributed by atoms with Crippen molar-refractivity contribution in [3.63, 3.8) is 0 Å². The van der Waals surface area contributed by atoms with E-state index in [9.17, 15) is 0 Å². The number of hydrogen-bond donors (Lipinski definition) is 1. The molecule has 2 aromatic heterocycles. The molecular formula is C9H11N3OS. The van der Waals surface area contributed by atoms with Gasteiger partial charge in [0.15, 0.2) is 0 Å². The van der Waals surface area contributed by atoms with Gasteiger partial charge in [-0.15, -0.1) is 16.4 Å². The molecule has 74 valence electrons. The minimum Gasteiger partial charge on any atom is -0.390 e. The molecule has 2 heterocycles. The normalized spacial score (nSPS) is 10.7. The summed E-state index contributed by atoms with van der Waals surface area (Å²) in [6.45, 7) is 2.73. The van der Waals surface area contributed by atoms with Crippen LogP contribution in [0.15, 0.2) is 17.6 Å². The lowest BCUT2D eigenvalue weighted by molar-refractivity contribution is 0.269. The largest absolute Gasteiger partial charge is 0.390 e. The number of aliphatic hydroxyl groups is 1. The lowest BCUT2D eigenvalue weighted by Gasteiger charge is -2.01. The Hall–Kier alpha value is -1.20. The Kier molecular flexibility index (Phi) is 2.60. The third-order valence-corrected chi connectivity index (χ3v) is 2.89. The van der Waals surface area contributed by atoms with E-state index in [0.717, 1.165) is 5.69 Å². The summed E-state index contributed by atoms with van der Waals surface area (Å²) < 4.78 is 1.71. The number of aromatic nitrogens is 3. The zero-order chi connectivity index (χ0) is 9.97. The van der Waals surface area contributed by atoms with Crippen LogP contribution in [0.25, 0.3) is 0 Å². The van der Waals surface area contributed by atoms with Crippen LogP contribution in [0.3, 0.4) is 0 Å². The topological polar surface area (TPSA) is 50.9 Å². The summed E-state index contributed by atoms with van der Waals surface area (Å²) in [6, 6.07) is 2.12. The fourth-order valence-electron chi connectivity index (χ4n) is 1.29. The third kappa shape index (κ3) is 1.83. The molecule has 0 aliphatic rings. The maximum Gasteiger partial charge on any atom is 0.0866 e. The second-order valence-electron chi connectivity index (χ2n) is 3.11. The van der Waals surface area contributed by atoms with Crippen LogP contribution < -0.4 is 0 Å². The van der Waals surface area contributed by atoms with Crippen molar-refractivity contribution < 1.29 is 5.11 Å². The molecule has 1 N–H and O–H groups in total. The molecule has 0 spiro atoms. The van der Waals surface area contributed by atoms with Gasteiger partial charge in [0.25, 0.3) is 0 Å². The predicted molar refractivity (Wildman–Crippen MR) is 54.1 cm³/mol. The van der Waals surface area contributed by atoms with E-state index in [1.807, 2.05) is 0 Å². The molecule has 14 heavy (non-hydrogen) atoms. The lowest BCUT2D eigenvalue weighted by atomic mass is 10.3.